The molecule has 0 nitrogen and oxygen atoms in total. The summed E-state index contributed by atoms with van der Waals surface area (Å²) in [7, 11) is 0. The van der Waals surface area contributed by atoms with Crippen LogP contribution in [0.4, 0.5) is 0 Å². The summed E-state index contributed by atoms with van der Waals surface area (Å²) in [6.45, 7) is 9.26. The van der Waals surface area contributed by atoms with Gasteiger partial charge < -0.3 is 0 Å². The first kappa shape index (κ1) is 17.1. The van der Waals surface area contributed by atoms with E-state index in [1.54, 1.807) is 5.56 Å². The maximum atomic E-state index is 2.47. The summed E-state index contributed by atoms with van der Waals surface area (Å²) < 4.78 is 0. The molecule has 0 heterocycles. The monoisotopic (exact) mass is 312 g/mol. The second kappa shape index (κ2) is 7.41. The van der Waals surface area contributed by atoms with Crippen LogP contribution in [0.1, 0.15) is 92.9 Å². The van der Waals surface area contributed by atoms with Crippen molar-refractivity contribution in [3.63, 3.8) is 0 Å². The Labute approximate surface area is 144 Å². The average molecular weight is 313 g/mol. The summed E-state index contributed by atoms with van der Waals surface area (Å²) in [4.78, 5) is 0. The molecule has 0 atom stereocenters. The van der Waals surface area contributed by atoms with Gasteiger partial charge in [0.05, 0.1) is 0 Å². The predicted molar refractivity (Wildman–Crippen MR) is 101 cm³/mol. The molecule has 0 unspecified atom stereocenters. The summed E-state index contributed by atoms with van der Waals surface area (Å²) in [5, 5.41) is 0. The fourth-order valence-electron chi connectivity index (χ4n) is 5.07. The van der Waals surface area contributed by atoms with E-state index in [4.69, 9.17) is 0 Å². The van der Waals surface area contributed by atoms with Gasteiger partial charge in [-0.2, -0.15) is 0 Å². The van der Waals surface area contributed by atoms with Crippen molar-refractivity contribution in [3.05, 3.63) is 34.4 Å². The third-order valence-corrected chi connectivity index (χ3v) is 7.07. The first-order valence-electron chi connectivity index (χ1n) is 10.1. The highest BCUT2D eigenvalue weighted by molar-refractivity contribution is 5.38. The highest BCUT2D eigenvalue weighted by Crippen LogP contribution is 2.41. The maximum Gasteiger partial charge on any atom is -0.0162 e. The summed E-state index contributed by atoms with van der Waals surface area (Å²) >= 11 is 0. The topological polar surface area (TPSA) is 0 Å². The molecule has 0 radical (unpaired) electrons. The van der Waals surface area contributed by atoms with Gasteiger partial charge in [-0.1, -0.05) is 44.7 Å². The molecule has 2 saturated carbocycles. The lowest BCUT2D eigenvalue weighted by atomic mass is 9.72. The summed E-state index contributed by atoms with van der Waals surface area (Å²) in [6, 6.07) is 4.94. The van der Waals surface area contributed by atoms with Gasteiger partial charge in [0.1, 0.15) is 0 Å². The van der Waals surface area contributed by atoms with Gasteiger partial charge >= 0.3 is 0 Å². The van der Waals surface area contributed by atoms with Crippen molar-refractivity contribution in [2.24, 2.45) is 17.8 Å². The highest BCUT2D eigenvalue weighted by Gasteiger charge is 2.26. The molecule has 2 aliphatic rings. The Bertz CT molecular complexity index is 488. The SMILES string of the molecule is Cc1cc(C2CCC(CC3CCC(C)CC3)CC2)cc(C)c1C. The summed E-state index contributed by atoms with van der Waals surface area (Å²) in [5.74, 6) is 3.90. The van der Waals surface area contributed by atoms with Crippen molar-refractivity contribution in [1.82, 2.24) is 0 Å². The molecule has 128 valence electrons. The fourth-order valence-corrected chi connectivity index (χ4v) is 5.07. The standard InChI is InChI=1S/C23H36/c1-16-5-7-20(8-6-16)15-21-9-11-22(12-10-21)23-13-17(2)19(4)18(3)14-23/h13-14,16,20-22H,5-12,15H2,1-4H3. The van der Waals surface area contributed by atoms with E-state index in [9.17, 15) is 0 Å². The van der Waals surface area contributed by atoms with Gasteiger partial charge in [0.2, 0.25) is 0 Å². The van der Waals surface area contributed by atoms with Crippen LogP contribution in [-0.2, 0) is 0 Å². The molecule has 0 N–H and O–H groups in total. The van der Waals surface area contributed by atoms with Crippen LogP contribution in [0.25, 0.3) is 0 Å². The second-order valence-electron chi connectivity index (χ2n) is 8.86. The Hall–Kier alpha value is -0.780. The number of rotatable bonds is 3. The smallest absolute Gasteiger partial charge is 0.0162 e. The van der Waals surface area contributed by atoms with E-state index in [1.165, 1.54) is 74.5 Å². The van der Waals surface area contributed by atoms with Crippen molar-refractivity contribution >= 4 is 0 Å². The number of hydrogen-bond donors (Lipinski definition) is 0. The Kier molecular flexibility index (Phi) is 5.49. The van der Waals surface area contributed by atoms with E-state index in [2.05, 4.69) is 39.8 Å². The predicted octanol–water partition coefficient (Wildman–Crippen LogP) is 7.10. The number of benzene rings is 1. The third-order valence-electron chi connectivity index (χ3n) is 7.07. The van der Waals surface area contributed by atoms with E-state index >= 15 is 0 Å². The van der Waals surface area contributed by atoms with Crippen molar-refractivity contribution in [2.45, 2.75) is 91.4 Å². The molecule has 0 heteroatoms. The lowest BCUT2D eigenvalue weighted by Gasteiger charge is -2.34. The van der Waals surface area contributed by atoms with Crippen molar-refractivity contribution < 1.29 is 0 Å². The van der Waals surface area contributed by atoms with Crippen molar-refractivity contribution in [2.75, 3.05) is 0 Å². The minimum Gasteiger partial charge on any atom is -0.0625 e. The van der Waals surface area contributed by atoms with Crippen LogP contribution in [0.15, 0.2) is 12.1 Å². The summed E-state index contributed by atoms with van der Waals surface area (Å²) in [6.07, 6.45) is 13.3. The second-order valence-corrected chi connectivity index (χ2v) is 8.86. The van der Waals surface area contributed by atoms with Crippen molar-refractivity contribution in [1.29, 1.82) is 0 Å². The lowest BCUT2D eigenvalue weighted by Crippen LogP contribution is -2.19. The molecule has 0 saturated heterocycles. The normalized spacial score (nSPS) is 32.0. The minimum absolute atomic E-state index is 0.829. The third kappa shape index (κ3) is 4.20. The molecule has 2 fully saturated rings. The Morgan fingerprint density at radius 1 is 0.739 bits per heavy atom. The van der Waals surface area contributed by atoms with Crippen LogP contribution >= 0.6 is 0 Å². The van der Waals surface area contributed by atoms with Crippen LogP contribution in [0, 0.1) is 38.5 Å². The molecular formula is C23H36. The molecule has 3 rings (SSSR count). The molecule has 0 bridgehead atoms. The van der Waals surface area contributed by atoms with E-state index in [-0.39, 0.29) is 0 Å². The number of aryl methyl sites for hydroxylation is 2. The Morgan fingerprint density at radius 3 is 1.74 bits per heavy atom. The molecule has 1 aromatic rings. The largest absolute Gasteiger partial charge is 0.0625 e. The zero-order valence-electron chi connectivity index (χ0n) is 15.8. The first-order valence-corrected chi connectivity index (χ1v) is 10.1. The van der Waals surface area contributed by atoms with E-state index in [0.29, 0.717) is 0 Å². The maximum absolute atomic E-state index is 2.47. The minimum atomic E-state index is 0.829. The Morgan fingerprint density at radius 2 is 1.22 bits per heavy atom. The van der Waals surface area contributed by atoms with Crippen molar-refractivity contribution in [3.8, 4) is 0 Å². The zero-order valence-corrected chi connectivity index (χ0v) is 15.8. The van der Waals surface area contributed by atoms with Gasteiger partial charge in [-0.25, -0.2) is 0 Å². The average Bonchev–Trinajstić information content (AvgIpc) is 2.55. The van der Waals surface area contributed by atoms with Crippen LogP contribution < -0.4 is 0 Å². The van der Waals surface area contributed by atoms with Gasteiger partial charge in [0.25, 0.3) is 0 Å². The van der Waals surface area contributed by atoms with Crippen LogP contribution in [0.5, 0.6) is 0 Å². The molecule has 0 amide bonds. The highest BCUT2D eigenvalue weighted by atomic mass is 14.3. The number of hydrogen-bond acceptors (Lipinski definition) is 0. The Balaban J connectivity index is 1.52. The lowest BCUT2D eigenvalue weighted by molar-refractivity contribution is 0.211. The van der Waals surface area contributed by atoms with Crippen LogP contribution in [-0.4, -0.2) is 0 Å². The van der Waals surface area contributed by atoms with E-state index < -0.39 is 0 Å². The van der Waals surface area contributed by atoms with E-state index in [0.717, 1.165) is 23.7 Å². The zero-order chi connectivity index (χ0) is 16.4. The van der Waals surface area contributed by atoms with E-state index in [1.807, 2.05) is 0 Å². The van der Waals surface area contributed by atoms with Gasteiger partial charge in [-0.15, -0.1) is 0 Å². The first-order chi connectivity index (χ1) is 11.0. The molecule has 1 aromatic carbocycles. The van der Waals surface area contributed by atoms with Gasteiger partial charge in [0.15, 0.2) is 0 Å². The molecule has 0 aliphatic heterocycles. The molecule has 23 heavy (non-hydrogen) atoms. The van der Waals surface area contributed by atoms with Crippen LogP contribution in [0.2, 0.25) is 0 Å². The molecular weight excluding hydrogens is 276 g/mol. The molecule has 0 aromatic heterocycles. The van der Waals surface area contributed by atoms with Crippen LogP contribution in [0.3, 0.4) is 0 Å². The summed E-state index contributed by atoms with van der Waals surface area (Å²) in [5.41, 5.74) is 6.07. The molecule has 0 spiro atoms. The van der Waals surface area contributed by atoms with Gasteiger partial charge in [-0.05, 0) is 98.8 Å². The van der Waals surface area contributed by atoms with Gasteiger partial charge in [0, 0.05) is 0 Å². The molecule has 2 aliphatic carbocycles. The quantitative estimate of drug-likeness (QED) is 0.558. The van der Waals surface area contributed by atoms with Gasteiger partial charge in [-0.3, -0.25) is 0 Å². The fraction of sp³-hybridized carbons (Fsp3) is 0.739.